The Morgan fingerprint density at radius 2 is 0.964 bits per heavy atom. The number of phosphoric acid groups is 1. The SMILES string of the molecule is CCCCC/C=C\C/C=C\C/C=C\C/C=C\CCCCCC(=O)O[C@H](COC(=O)CCC/C=C\C/C=C\C/C=C\C/C=C\CCC[C@@H](C)O)COP(=O)(O)O. The number of esters is 2. The van der Waals surface area contributed by atoms with E-state index < -0.39 is 32.5 Å². The largest absolute Gasteiger partial charge is 0.469 e. The molecule has 3 N–H and O–H groups in total. The van der Waals surface area contributed by atoms with Gasteiger partial charge in [-0.3, -0.25) is 14.1 Å². The highest BCUT2D eigenvalue weighted by molar-refractivity contribution is 7.46. The van der Waals surface area contributed by atoms with Gasteiger partial charge < -0.3 is 24.4 Å². The third kappa shape index (κ3) is 43.5. The lowest BCUT2D eigenvalue weighted by Crippen LogP contribution is -2.29. The van der Waals surface area contributed by atoms with E-state index in [9.17, 15) is 19.3 Å². The first-order valence-electron chi connectivity index (χ1n) is 20.6. The number of unbranched alkanes of at least 4 members (excludes halogenated alkanes) is 8. The zero-order valence-electron chi connectivity index (χ0n) is 33.9. The van der Waals surface area contributed by atoms with Gasteiger partial charge in [-0.25, -0.2) is 4.57 Å². The number of phosphoric ester groups is 1. The van der Waals surface area contributed by atoms with Crippen molar-refractivity contribution < 1.29 is 43.0 Å². The second kappa shape index (κ2) is 39.2. The molecule has 9 nitrogen and oxygen atoms in total. The number of hydrogen-bond donors (Lipinski definition) is 3. The Bertz CT molecular complexity index is 1220. The maximum Gasteiger partial charge on any atom is 0.469 e. The molecule has 0 rings (SSSR count). The maximum atomic E-state index is 12.4. The summed E-state index contributed by atoms with van der Waals surface area (Å²) in [5.41, 5.74) is 0. The smallest absolute Gasteiger partial charge is 0.462 e. The van der Waals surface area contributed by atoms with Crippen LogP contribution in [0.25, 0.3) is 0 Å². The third-order valence-electron chi connectivity index (χ3n) is 8.09. The monoisotopic (exact) mass is 788 g/mol. The minimum absolute atomic E-state index is 0.150. The lowest BCUT2D eigenvalue weighted by atomic mass is 10.1. The van der Waals surface area contributed by atoms with Gasteiger partial charge in [-0.2, -0.15) is 0 Å². The van der Waals surface area contributed by atoms with Crippen molar-refractivity contribution in [1.29, 1.82) is 0 Å². The molecule has 0 aliphatic heterocycles. The van der Waals surface area contributed by atoms with E-state index in [-0.39, 0.29) is 25.6 Å². The summed E-state index contributed by atoms with van der Waals surface area (Å²) in [5, 5.41) is 9.25. The van der Waals surface area contributed by atoms with Gasteiger partial charge >= 0.3 is 19.8 Å². The summed E-state index contributed by atoms with van der Waals surface area (Å²) in [7, 11) is -4.79. The molecule has 0 aliphatic carbocycles. The summed E-state index contributed by atoms with van der Waals surface area (Å²) in [6.45, 7) is 3.12. The molecular formula is C45H73O9P. The number of carbonyl (C=O) groups excluding carboxylic acids is 2. The second-order valence-electron chi connectivity index (χ2n) is 13.5. The molecule has 0 aromatic carbocycles. The Morgan fingerprint density at radius 1 is 0.545 bits per heavy atom. The number of aliphatic hydroxyl groups is 1. The van der Waals surface area contributed by atoms with Gasteiger partial charge in [-0.1, -0.05) is 123 Å². The van der Waals surface area contributed by atoms with E-state index in [1.165, 1.54) is 25.7 Å². The van der Waals surface area contributed by atoms with Gasteiger partial charge in [0.2, 0.25) is 0 Å². The molecule has 0 bridgehead atoms. The number of ether oxygens (including phenoxy) is 2. The van der Waals surface area contributed by atoms with Crippen LogP contribution < -0.4 is 0 Å². The molecule has 0 radical (unpaired) electrons. The van der Waals surface area contributed by atoms with Crippen LogP contribution in [0.15, 0.2) is 97.2 Å². The van der Waals surface area contributed by atoms with Crippen LogP contribution in [0.2, 0.25) is 0 Å². The van der Waals surface area contributed by atoms with Crippen molar-refractivity contribution >= 4 is 19.8 Å². The van der Waals surface area contributed by atoms with Gasteiger partial charge in [0.1, 0.15) is 6.61 Å². The lowest BCUT2D eigenvalue weighted by molar-refractivity contribution is -0.161. The zero-order valence-corrected chi connectivity index (χ0v) is 34.8. The van der Waals surface area contributed by atoms with Crippen LogP contribution in [0.5, 0.6) is 0 Å². The highest BCUT2D eigenvalue weighted by Gasteiger charge is 2.22. The molecule has 0 aromatic rings. The Morgan fingerprint density at radius 3 is 1.42 bits per heavy atom. The fraction of sp³-hybridized carbons (Fsp3) is 0.600. The van der Waals surface area contributed by atoms with Crippen molar-refractivity contribution in [2.75, 3.05) is 13.2 Å². The van der Waals surface area contributed by atoms with E-state index in [1.807, 2.05) is 19.1 Å². The molecule has 0 saturated carbocycles. The van der Waals surface area contributed by atoms with Crippen molar-refractivity contribution in [3.8, 4) is 0 Å². The molecule has 0 saturated heterocycles. The van der Waals surface area contributed by atoms with Crippen molar-refractivity contribution in [2.45, 2.75) is 161 Å². The summed E-state index contributed by atoms with van der Waals surface area (Å²) >= 11 is 0. The Hall–Kier alpha value is -3.07. The first kappa shape index (κ1) is 51.9. The number of carbonyl (C=O) groups is 2. The maximum absolute atomic E-state index is 12.4. The van der Waals surface area contributed by atoms with Crippen molar-refractivity contribution in [3.05, 3.63) is 97.2 Å². The third-order valence-corrected chi connectivity index (χ3v) is 8.58. The van der Waals surface area contributed by atoms with Crippen LogP contribution in [-0.4, -0.2) is 52.3 Å². The Balaban J connectivity index is 4.13. The molecule has 10 heteroatoms. The van der Waals surface area contributed by atoms with Crippen LogP contribution >= 0.6 is 7.82 Å². The predicted octanol–water partition coefficient (Wildman–Crippen LogP) is 11.6. The van der Waals surface area contributed by atoms with Crippen molar-refractivity contribution in [2.24, 2.45) is 0 Å². The molecule has 0 amide bonds. The average molecular weight is 789 g/mol. The topological polar surface area (TPSA) is 140 Å². The fourth-order valence-electron chi connectivity index (χ4n) is 5.01. The highest BCUT2D eigenvalue weighted by Crippen LogP contribution is 2.36. The molecule has 0 unspecified atom stereocenters. The van der Waals surface area contributed by atoms with Gasteiger partial charge in [-0.15, -0.1) is 0 Å². The second-order valence-corrected chi connectivity index (χ2v) is 14.8. The lowest BCUT2D eigenvalue weighted by Gasteiger charge is -2.18. The summed E-state index contributed by atoms with van der Waals surface area (Å²) in [6, 6.07) is 0. The van der Waals surface area contributed by atoms with Crippen LogP contribution in [0.4, 0.5) is 0 Å². The molecular weight excluding hydrogens is 715 g/mol. The van der Waals surface area contributed by atoms with Crippen molar-refractivity contribution in [1.82, 2.24) is 0 Å². The molecule has 0 fully saturated rings. The van der Waals surface area contributed by atoms with Gasteiger partial charge in [0.15, 0.2) is 6.10 Å². The van der Waals surface area contributed by atoms with E-state index in [0.717, 1.165) is 77.0 Å². The van der Waals surface area contributed by atoms with Crippen LogP contribution in [0.3, 0.4) is 0 Å². The van der Waals surface area contributed by atoms with Gasteiger partial charge in [0, 0.05) is 12.8 Å². The van der Waals surface area contributed by atoms with Gasteiger partial charge in [-0.05, 0) is 110 Å². The molecule has 55 heavy (non-hydrogen) atoms. The first-order chi connectivity index (χ1) is 26.6. The number of aliphatic hydroxyl groups excluding tert-OH is 1. The summed E-state index contributed by atoms with van der Waals surface area (Å²) in [6.07, 6.45) is 51.2. The number of allylic oxidation sites excluding steroid dienone is 16. The minimum atomic E-state index is -4.79. The summed E-state index contributed by atoms with van der Waals surface area (Å²) < 4.78 is 26.3. The molecule has 0 aliphatic rings. The van der Waals surface area contributed by atoms with Crippen LogP contribution in [-0.2, 0) is 28.2 Å². The molecule has 2 atom stereocenters. The average Bonchev–Trinajstić information content (AvgIpc) is 3.14. The van der Waals surface area contributed by atoms with Crippen molar-refractivity contribution in [3.63, 3.8) is 0 Å². The van der Waals surface area contributed by atoms with Gasteiger partial charge in [0.25, 0.3) is 0 Å². The van der Waals surface area contributed by atoms with Crippen LogP contribution in [0, 0.1) is 0 Å². The molecule has 0 heterocycles. The fourth-order valence-corrected chi connectivity index (χ4v) is 5.37. The summed E-state index contributed by atoms with van der Waals surface area (Å²) in [4.78, 5) is 42.8. The normalized spacial score (nSPS) is 14.1. The standard InChI is InChI=1S/C45H73O9P/c1-3-4-5-6-7-8-9-10-11-12-13-14-17-21-24-27-30-33-36-39-45(48)54-43(41-53-55(49,50)51)40-52-44(47)38-35-32-29-26-23-20-18-15-16-19-22-25-28-31-34-37-42(2)46/h7-8,10-11,13-14,16,18-21,24-26,28-29,42-43,46H,3-6,9,12,15,17,22-23,27,30-41H2,1-2H3,(H2,49,50,51)/b8-7-,11-10-,14-13-,19-16-,20-18-,24-21-,28-25-,29-26-/t42-,43-/m1/s1. The van der Waals surface area contributed by atoms with E-state index >= 15 is 0 Å². The molecule has 0 spiro atoms. The first-order valence-corrected chi connectivity index (χ1v) is 22.1. The van der Waals surface area contributed by atoms with E-state index in [1.54, 1.807) is 0 Å². The quantitative estimate of drug-likeness (QED) is 0.0245. The number of hydrogen-bond acceptors (Lipinski definition) is 7. The van der Waals surface area contributed by atoms with Crippen LogP contribution in [0.1, 0.15) is 149 Å². The Kier molecular flexibility index (Phi) is 37.0. The van der Waals surface area contributed by atoms with Gasteiger partial charge in [0.05, 0.1) is 12.7 Å². The van der Waals surface area contributed by atoms with E-state index in [2.05, 4.69) is 96.5 Å². The van der Waals surface area contributed by atoms with E-state index in [0.29, 0.717) is 19.3 Å². The Labute approximate surface area is 333 Å². The predicted molar refractivity (Wildman–Crippen MR) is 226 cm³/mol. The highest BCUT2D eigenvalue weighted by atomic mass is 31.2. The van der Waals surface area contributed by atoms with E-state index in [4.69, 9.17) is 19.3 Å². The number of rotatable bonds is 36. The zero-order chi connectivity index (χ0) is 40.5. The minimum Gasteiger partial charge on any atom is -0.462 e. The molecule has 312 valence electrons. The molecule has 0 aromatic heterocycles. The summed E-state index contributed by atoms with van der Waals surface area (Å²) in [5.74, 6) is -1.01.